The first-order valence-electron chi connectivity index (χ1n) is 18.6. The third-order valence-corrected chi connectivity index (χ3v) is 11.1. The lowest BCUT2D eigenvalue weighted by atomic mass is 9.99. The van der Waals surface area contributed by atoms with Gasteiger partial charge in [0.2, 0.25) is 0 Å². The Morgan fingerprint density at radius 2 is 0.667 bits per heavy atom. The van der Waals surface area contributed by atoms with Crippen molar-refractivity contribution in [1.82, 2.24) is 9.13 Å². The van der Waals surface area contributed by atoms with Crippen LogP contribution < -0.4 is 0 Å². The topological polar surface area (TPSA) is 9.86 Å². The largest absolute Gasteiger partial charge is 0.309 e. The molecule has 0 unspecified atom stereocenters. The summed E-state index contributed by atoms with van der Waals surface area (Å²) in [6, 6.07) is 75.2. The van der Waals surface area contributed by atoms with Crippen LogP contribution in [0.4, 0.5) is 0 Å². The van der Waals surface area contributed by atoms with Crippen LogP contribution in [0.25, 0.3) is 99.1 Å². The lowest BCUT2D eigenvalue weighted by molar-refractivity contribution is 1.18. The summed E-state index contributed by atoms with van der Waals surface area (Å²) in [6.45, 7) is 0. The molecule has 0 bridgehead atoms. The summed E-state index contributed by atoms with van der Waals surface area (Å²) < 4.78 is 4.81. The van der Waals surface area contributed by atoms with Crippen LogP contribution in [0.2, 0.25) is 0 Å². The number of hydrogen-bond donors (Lipinski definition) is 0. The van der Waals surface area contributed by atoms with E-state index in [0.29, 0.717) is 0 Å². The van der Waals surface area contributed by atoms with Crippen LogP contribution in [0, 0.1) is 0 Å². The normalized spacial score (nSPS) is 11.7. The van der Waals surface area contributed by atoms with E-state index in [4.69, 9.17) is 0 Å². The van der Waals surface area contributed by atoms with Crippen LogP contribution in [0.5, 0.6) is 0 Å². The molecular weight excluding hydrogens is 653 g/mol. The molecule has 11 rings (SSSR count). The molecule has 2 aromatic heterocycles. The quantitative estimate of drug-likeness (QED) is 0.171. The molecule has 0 aliphatic heterocycles. The molecule has 2 heterocycles. The molecule has 54 heavy (non-hydrogen) atoms. The lowest BCUT2D eigenvalue weighted by Crippen LogP contribution is -1.94. The van der Waals surface area contributed by atoms with Gasteiger partial charge < -0.3 is 9.13 Å². The van der Waals surface area contributed by atoms with Crippen molar-refractivity contribution in [3.05, 3.63) is 206 Å². The minimum atomic E-state index is 1.15. The summed E-state index contributed by atoms with van der Waals surface area (Å²) in [5, 5.41) is 7.52. The summed E-state index contributed by atoms with van der Waals surface area (Å²) in [7, 11) is 0. The van der Waals surface area contributed by atoms with Crippen molar-refractivity contribution in [2.24, 2.45) is 0 Å². The van der Waals surface area contributed by atoms with Crippen molar-refractivity contribution >= 4 is 54.4 Å². The zero-order valence-corrected chi connectivity index (χ0v) is 29.5. The molecule has 2 heteroatoms. The Labute approximate surface area is 313 Å². The smallest absolute Gasteiger partial charge is 0.0541 e. The average Bonchev–Trinajstić information content (AvgIpc) is 3.76. The first-order valence-corrected chi connectivity index (χ1v) is 18.6. The Hall–Kier alpha value is -7.16. The van der Waals surface area contributed by atoms with E-state index in [1.807, 2.05) is 0 Å². The third-order valence-electron chi connectivity index (χ3n) is 11.1. The van der Waals surface area contributed by atoms with Crippen molar-refractivity contribution in [1.29, 1.82) is 0 Å². The molecule has 0 amide bonds. The minimum absolute atomic E-state index is 1.15. The van der Waals surface area contributed by atoms with E-state index in [-0.39, 0.29) is 0 Å². The molecule has 0 aliphatic rings. The molecule has 0 atom stereocenters. The van der Waals surface area contributed by atoms with Gasteiger partial charge in [-0.1, -0.05) is 140 Å². The Balaban J connectivity index is 1.00. The third kappa shape index (κ3) is 4.88. The van der Waals surface area contributed by atoms with Gasteiger partial charge in [0.25, 0.3) is 0 Å². The van der Waals surface area contributed by atoms with E-state index in [1.54, 1.807) is 0 Å². The molecule has 0 saturated heterocycles. The summed E-state index contributed by atoms with van der Waals surface area (Å²) in [6.07, 6.45) is 0. The van der Waals surface area contributed by atoms with Crippen LogP contribution in [0.15, 0.2) is 206 Å². The van der Waals surface area contributed by atoms with Gasteiger partial charge in [-0.25, -0.2) is 0 Å². The van der Waals surface area contributed by atoms with Gasteiger partial charge in [0, 0.05) is 32.9 Å². The van der Waals surface area contributed by atoms with Gasteiger partial charge in [0.05, 0.1) is 22.1 Å². The zero-order chi connectivity index (χ0) is 35.6. The molecule has 0 spiro atoms. The van der Waals surface area contributed by atoms with Gasteiger partial charge in [0.1, 0.15) is 0 Å². The van der Waals surface area contributed by atoms with E-state index in [2.05, 4.69) is 215 Å². The predicted octanol–water partition coefficient (Wildman–Crippen LogP) is 14.0. The standard InChI is InChI=1S/C52H34N2/c1-2-11-35(12-3-1)38-15-10-16-39(31-38)37-21-26-43(27-22-37)53-49-19-8-6-17-45(49)47-33-41(24-29-51(47)53)42-25-30-52-48(34-42)46-18-7-9-20-50(46)54(52)44-28-23-36-13-4-5-14-40(36)32-44/h1-34H. The maximum atomic E-state index is 2.41. The van der Waals surface area contributed by atoms with E-state index in [1.165, 1.54) is 93.5 Å². The fraction of sp³-hybridized carbons (Fsp3) is 0. The highest BCUT2D eigenvalue weighted by Crippen LogP contribution is 2.39. The van der Waals surface area contributed by atoms with Crippen LogP contribution in [-0.2, 0) is 0 Å². The zero-order valence-electron chi connectivity index (χ0n) is 29.5. The van der Waals surface area contributed by atoms with Crippen molar-refractivity contribution in [3.63, 3.8) is 0 Å². The van der Waals surface area contributed by atoms with Crippen LogP contribution in [0.1, 0.15) is 0 Å². The Morgan fingerprint density at radius 1 is 0.222 bits per heavy atom. The van der Waals surface area contributed by atoms with Gasteiger partial charge in [-0.05, 0) is 111 Å². The molecule has 9 aromatic carbocycles. The first-order chi connectivity index (χ1) is 26.8. The maximum Gasteiger partial charge on any atom is 0.0541 e. The highest BCUT2D eigenvalue weighted by molar-refractivity contribution is 6.13. The highest BCUT2D eigenvalue weighted by atomic mass is 15.0. The van der Waals surface area contributed by atoms with E-state index in [9.17, 15) is 0 Å². The van der Waals surface area contributed by atoms with Gasteiger partial charge in [0.15, 0.2) is 0 Å². The van der Waals surface area contributed by atoms with Crippen LogP contribution in [0.3, 0.4) is 0 Å². The number of benzene rings is 9. The molecule has 0 aliphatic carbocycles. The number of hydrogen-bond acceptors (Lipinski definition) is 0. The van der Waals surface area contributed by atoms with Crippen LogP contribution >= 0.6 is 0 Å². The van der Waals surface area contributed by atoms with Gasteiger partial charge >= 0.3 is 0 Å². The minimum Gasteiger partial charge on any atom is -0.309 e. The Bertz CT molecular complexity index is 3200. The number of nitrogens with zero attached hydrogens (tertiary/aromatic N) is 2. The monoisotopic (exact) mass is 686 g/mol. The van der Waals surface area contributed by atoms with E-state index < -0.39 is 0 Å². The van der Waals surface area contributed by atoms with Crippen molar-refractivity contribution in [3.8, 4) is 44.8 Å². The molecule has 0 N–H and O–H groups in total. The molecule has 2 nitrogen and oxygen atoms in total. The van der Waals surface area contributed by atoms with Gasteiger partial charge in [-0.15, -0.1) is 0 Å². The fourth-order valence-corrected chi connectivity index (χ4v) is 8.49. The van der Waals surface area contributed by atoms with Crippen LogP contribution in [-0.4, -0.2) is 9.13 Å². The molecule has 0 fully saturated rings. The number of fused-ring (bicyclic) bond motifs is 7. The molecule has 11 aromatic rings. The Kier molecular flexibility index (Phi) is 6.90. The number of aromatic nitrogens is 2. The Morgan fingerprint density at radius 3 is 1.31 bits per heavy atom. The molecule has 252 valence electrons. The van der Waals surface area contributed by atoms with Crippen molar-refractivity contribution in [2.45, 2.75) is 0 Å². The van der Waals surface area contributed by atoms with Crippen molar-refractivity contribution < 1.29 is 0 Å². The average molecular weight is 687 g/mol. The summed E-state index contributed by atoms with van der Waals surface area (Å²) in [4.78, 5) is 0. The molecular formula is C52H34N2. The summed E-state index contributed by atoms with van der Waals surface area (Å²) in [5.41, 5.74) is 14.5. The second-order valence-corrected chi connectivity index (χ2v) is 14.2. The first kappa shape index (κ1) is 30.5. The summed E-state index contributed by atoms with van der Waals surface area (Å²) in [5.74, 6) is 0. The lowest BCUT2D eigenvalue weighted by Gasteiger charge is -2.11. The molecule has 0 saturated carbocycles. The number of para-hydroxylation sites is 2. The van der Waals surface area contributed by atoms with Crippen molar-refractivity contribution in [2.75, 3.05) is 0 Å². The summed E-state index contributed by atoms with van der Waals surface area (Å²) >= 11 is 0. The van der Waals surface area contributed by atoms with E-state index in [0.717, 1.165) is 5.69 Å². The predicted molar refractivity (Wildman–Crippen MR) is 229 cm³/mol. The highest BCUT2D eigenvalue weighted by Gasteiger charge is 2.16. The fourth-order valence-electron chi connectivity index (χ4n) is 8.49. The van der Waals surface area contributed by atoms with Gasteiger partial charge in [-0.3, -0.25) is 0 Å². The maximum absolute atomic E-state index is 2.41. The van der Waals surface area contributed by atoms with E-state index >= 15 is 0 Å². The molecule has 0 radical (unpaired) electrons. The second kappa shape index (κ2) is 12.2. The van der Waals surface area contributed by atoms with Gasteiger partial charge in [-0.2, -0.15) is 0 Å². The number of rotatable bonds is 5. The second-order valence-electron chi connectivity index (χ2n) is 14.2. The SMILES string of the molecule is c1ccc(-c2cccc(-c3ccc(-n4c5ccccc5c5cc(-c6ccc7c(c6)c6ccccc6n7-c6ccc7ccccc7c6)ccc54)cc3)c2)cc1.